The standard InChI is InChI=1S/C15H22O4/c1-5-17-13(16)8-12-11(2)6-7-15(12)18-9-14(3,4)10-19-15/h6-7,12H,2,5,8-10H2,1,3-4H3/t12-/m0/s1. The molecule has 106 valence electrons. The zero-order valence-corrected chi connectivity index (χ0v) is 11.9. The molecule has 4 nitrogen and oxygen atoms in total. The molecule has 0 aromatic carbocycles. The summed E-state index contributed by atoms with van der Waals surface area (Å²) in [5.41, 5.74) is 0.852. The Hall–Kier alpha value is -1.13. The topological polar surface area (TPSA) is 44.8 Å². The van der Waals surface area contributed by atoms with Crippen LogP contribution in [-0.4, -0.2) is 31.6 Å². The first kappa shape index (κ1) is 14.3. The quantitative estimate of drug-likeness (QED) is 0.736. The van der Waals surface area contributed by atoms with Gasteiger partial charge in [0.25, 0.3) is 0 Å². The summed E-state index contributed by atoms with van der Waals surface area (Å²) in [5, 5.41) is 0. The highest BCUT2D eigenvalue weighted by molar-refractivity contribution is 5.71. The van der Waals surface area contributed by atoms with E-state index in [1.165, 1.54) is 0 Å². The van der Waals surface area contributed by atoms with Crippen molar-refractivity contribution in [3.63, 3.8) is 0 Å². The van der Waals surface area contributed by atoms with Crippen molar-refractivity contribution in [1.29, 1.82) is 0 Å². The second-order valence-electron chi connectivity index (χ2n) is 5.93. The summed E-state index contributed by atoms with van der Waals surface area (Å²) in [4.78, 5) is 11.7. The number of carbonyl (C=O) groups is 1. The van der Waals surface area contributed by atoms with Crippen LogP contribution in [0.15, 0.2) is 24.3 Å². The van der Waals surface area contributed by atoms with Gasteiger partial charge >= 0.3 is 5.97 Å². The molecular formula is C15H22O4. The maximum Gasteiger partial charge on any atom is 0.306 e. The molecule has 2 rings (SSSR count). The van der Waals surface area contributed by atoms with Gasteiger partial charge in [0, 0.05) is 5.41 Å². The molecule has 1 fully saturated rings. The summed E-state index contributed by atoms with van der Waals surface area (Å²) in [5.74, 6) is -1.27. The van der Waals surface area contributed by atoms with Crippen LogP contribution >= 0.6 is 0 Å². The van der Waals surface area contributed by atoms with Crippen LogP contribution in [0.5, 0.6) is 0 Å². The molecule has 0 radical (unpaired) electrons. The highest BCUT2D eigenvalue weighted by Gasteiger charge is 2.49. The number of hydrogen-bond donors (Lipinski definition) is 0. The first-order valence-corrected chi connectivity index (χ1v) is 6.70. The number of esters is 1. The number of carbonyl (C=O) groups excluding carboxylic acids is 1. The zero-order chi connectivity index (χ0) is 14.1. The minimum atomic E-state index is -0.834. The average Bonchev–Trinajstić information content (AvgIpc) is 2.63. The number of hydrogen-bond acceptors (Lipinski definition) is 4. The number of allylic oxidation sites excluding steroid dienone is 1. The van der Waals surface area contributed by atoms with Gasteiger partial charge in [0.05, 0.1) is 32.2 Å². The fourth-order valence-corrected chi connectivity index (χ4v) is 2.37. The number of rotatable bonds is 3. The Balaban J connectivity index is 2.09. The zero-order valence-electron chi connectivity index (χ0n) is 11.9. The summed E-state index contributed by atoms with van der Waals surface area (Å²) in [6.07, 6.45) is 3.98. The molecule has 19 heavy (non-hydrogen) atoms. The second kappa shape index (κ2) is 5.10. The van der Waals surface area contributed by atoms with Crippen LogP contribution in [0.4, 0.5) is 0 Å². The Morgan fingerprint density at radius 3 is 2.68 bits per heavy atom. The van der Waals surface area contributed by atoms with Gasteiger partial charge in [-0.15, -0.1) is 0 Å². The van der Waals surface area contributed by atoms with Gasteiger partial charge in [0.15, 0.2) is 5.79 Å². The van der Waals surface area contributed by atoms with Gasteiger partial charge in [-0.25, -0.2) is 0 Å². The Morgan fingerprint density at radius 1 is 1.47 bits per heavy atom. The summed E-state index contributed by atoms with van der Waals surface area (Å²) in [6, 6.07) is 0. The largest absolute Gasteiger partial charge is 0.466 e. The van der Waals surface area contributed by atoms with Crippen LogP contribution in [0.1, 0.15) is 27.2 Å². The lowest BCUT2D eigenvalue weighted by Crippen LogP contribution is -2.50. The summed E-state index contributed by atoms with van der Waals surface area (Å²) < 4.78 is 16.9. The highest BCUT2D eigenvalue weighted by atomic mass is 16.7. The maximum absolute atomic E-state index is 11.7. The van der Waals surface area contributed by atoms with Crippen LogP contribution in [0.2, 0.25) is 0 Å². The van der Waals surface area contributed by atoms with E-state index in [2.05, 4.69) is 20.4 Å². The van der Waals surface area contributed by atoms with Gasteiger partial charge in [0.1, 0.15) is 0 Å². The summed E-state index contributed by atoms with van der Waals surface area (Å²) >= 11 is 0. The van der Waals surface area contributed by atoms with Crippen molar-refractivity contribution in [2.24, 2.45) is 11.3 Å². The Morgan fingerprint density at radius 2 is 2.11 bits per heavy atom. The third kappa shape index (κ3) is 2.90. The Labute approximate surface area is 114 Å². The van der Waals surface area contributed by atoms with Crippen LogP contribution in [0, 0.1) is 11.3 Å². The fourth-order valence-electron chi connectivity index (χ4n) is 2.37. The number of ether oxygens (including phenoxy) is 3. The Kier molecular flexibility index (Phi) is 3.83. The van der Waals surface area contributed by atoms with Crippen molar-refractivity contribution in [3.05, 3.63) is 24.3 Å². The lowest BCUT2D eigenvalue weighted by molar-refractivity contribution is -0.287. The maximum atomic E-state index is 11.7. The molecule has 0 amide bonds. The molecule has 1 aliphatic heterocycles. The van der Waals surface area contributed by atoms with Crippen LogP contribution in [0.25, 0.3) is 0 Å². The molecule has 0 unspecified atom stereocenters. The van der Waals surface area contributed by atoms with Crippen molar-refractivity contribution < 1.29 is 19.0 Å². The molecule has 0 bridgehead atoms. The van der Waals surface area contributed by atoms with Crippen LogP contribution in [-0.2, 0) is 19.0 Å². The Bertz CT molecular complexity index is 398. The van der Waals surface area contributed by atoms with E-state index in [4.69, 9.17) is 14.2 Å². The monoisotopic (exact) mass is 266 g/mol. The molecule has 4 heteroatoms. The smallest absolute Gasteiger partial charge is 0.306 e. The van der Waals surface area contributed by atoms with E-state index in [0.29, 0.717) is 19.8 Å². The molecule has 2 aliphatic rings. The summed E-state index contributed by atoms with van der Waals surface area (Å²) in [6.45, 7) is 11.5. The van der Waals surface area contributed by atoms with Crippen LogP contribution in [0.3, 0.4) is 0 Å². The predicted octanol–water partition coefficient (Wildman–Crippen LogP) is 2.45. The van der Waals surface area contributed by atoms with E-state index in [0.717, 1.165) is 5.57 Å². The highest BCUT2D eigenvalue weighted by Crippen LogP contribution is 2.44. The molecule has 0 aromatic heterocycles. The average molecular weight is 266 g/mol. The molecule has 1 atom stereocenters. The molecular weight excluding hydrogens is 244 g/mol. The van der Waals surface area contributed by atoms with E-state index in [1.54, 1.807) is 6.92 Å². The van der Waals surface area contributed by atoms with Gasteiger partial charge in [0.2, 0.25) is 0 Å². The minimum absolute atomic E-state index is 0.00249. The molecule has 1 aliphatic carbocycles. The van der Waals surface area contributed by atoms with Gasteiger partial charge in [-0.1, -0.05) is 26.5 Å². The molecule has 0 saturated carbocycles. The van der Waals surface area contributed by atoms with E-state index < -0.39 is 5.79 Å². The van der Waals surface area contributed by atoms with E-state index in [9.17, 15) is 4.79 Å². The first-order chi connectivity index (χ1) is 8.88. The first-order valence-electron chi connectivity index (χ1n) is 6.70. The van der Waals surface area contributed by atoms with Crippen molar-refractivity contribution in [2.75, 3.05) is 19.8 Å². The minimum Gasteiger partial charge on any atom is -0.466 e. The third-order valence-corrected chi connectivity index (χ3v) is 3.52. The van der Waals surface area contributed by atoms with Gasteiger partial charge < -0.3 is 14.2 Å². The third-order valence-electron chi connectivity index (χ3n) is 3.52. The van der Waals surface area contributed by atoms with E-state index in [1.807, 2.05) is 12.2 Å². The molecule has 1 heterocycles. The predicted molar refractivity (Wildman–Crippen MR) is 71.4 cm³/mol. The normalized spacial score (nSPS) is 27.7. The molecule has 0 aromatic rings. The van der Waals surface area contributed by atoms with E-state index in [-0.39, 0.29) is 23.7 Å². The molecule has 0 N–H and O–H groups in total. The van der Waals surface area contributed by atoms with Gasteiger partial charge in [-0.2, -0.15) is 0 Å². The van der Waals surface area contributed by atoms with Gasteiger partial charge in [-0.05, 0) is 18.6 Å². The SMILES string of the molecule is C=C1C=CC2(OCC(C)(C)CO2)[C@H]1CC(=O)OCC. The van der Waals surface area contributed by atoms with Crippen molar-refractivity contribution in [1.82, 2.24) is 0 Å². The van der Waals surface area contributed by atoms with E-state index >= 15 is 0 Å². The van der Waals surface area contributed by atoms with Crippen molar-refractivity contribution >= 4 is 5.97 Å². The lowest BCUT2D eigenvalue weighted by Gasteiger charge is -2.43. The molecule has 1 saturated heterocycles. The fraction of sp³-hybridized carbons (Fsp3) is 0.667. The molecule has 1 spiro atoms. The second-order valence-corrected chi connectivity index (χ2v) is 5.93. The van der Waals surface area contributed by atoms with Crippen LogP contribution < -0.4 is 0 Å². The van der Waals surface area contributed by atoms with Crippen molar-refractivity contribution in [3.8, 4) is 0 Å². The van der Waals surface area contributed by atoms with Crippen molar-refractivity contribution in [2.45, 2.75) is 33.0 Å². The lowest BCUT2D eigenvalue weighted by atomic mass is 9.90. The van der Waals surface area contributed by atoms with Gasteiger partial charge in [-0.3, -0.25) is 4.79 Å². The summed E-state index contributed by atoms with van der Waals surface area (Å²) in [7, 11) is 0.